The molecule has 0 spiro atoms. The van der Waals surface area contributed by atoms with Crippen LogP contribution >= 0.6 is 50.6 Å². The van der Waals surface area contributed by atoms with Gasteiger partial charge in [-0.15, -0.1) is 34.7 Å². The highest BCUT2D eigenvalue weighted by molar-refractivity contribution is 9.10. The second-order valence-corrected chi connectivity index (χ2v) is 5.92. The largest absolute Gasteiger partial charge is 0.138 e. The van der Waals surface area contributed by atoms with E-state index < -0.39 is 0 Å². The van der Waals surface area contributed by atoms with Crippen molar-refractivity contribution in [3.05, 3.63) is 27.5 Å². The van der Waals surface area contributed by atoms with Gasteiger partial charge in [0.1, 0.15) is 0 Å². The molecule has 0 saturated carbocycles. The summed E-state index contributed by atoms with van der Waals surface area (Å²) in [5.74, 6) is 0.602. The number of hydrogen-bond acceptors (Lipinski definition) is 2. The number of rotatable bonds is 2. The van der Waals surface area contributed by atoms with Crippen LogP contribution in [0.25, 0.3) is 10.1 Å². The quantitative estimate of drug-likeness (QED) is 0.548. The van der Waals surface area contributed by atoms with Gasteiger partial charge in [0.05, 0.1) is 5.88 Å². The van der Waals surface area contributed by atoms with Gasteiger partial charge < -0.3 is 0 Å². The van der Waals surface area contributed by atoms with Crippen LogP contribution in [0.3, 0.4) is 0 Å². The summed E-state index contributed by atoms with van der Waals surface area (Å²) in [6, 6.07) is 6.39. The summed E-state index contributed by atoms with van der Waals surface area (Å²) in [6.07, 6.45) is 2.10. The lowest BCUT2D eigenvalue weighted by molar-refractivity contribution is 1.51. The first kappa shape index (κ1) is 10.8. The van der Waals surface area contributed by atoms with Crippen molar-refractivity contribution in [1.82, 2.24) is 0 Å². The molecule has 1 heterocycles. The second-order valence-electron chi connectivity index (χ2n) is 2.85. The minimum atomic E-state index is 0.602. The van der Waals surface area contributed by atoms with Crippen LogP contribution in [-0.2, 0) is 5.88 Å². The Bertz CT molecular complexity index is 464. The minimum absolute atomic E-state index is 0.602. The van der Waals surface area contributed by atoms with E-state index in [0.29, 0.717) is 5.88 Å². The molecule has 0 saturated heterocycles. The monoisotopic (exact) mass is 306 g/mol. The van der Waals surface area contributed by atoms with Gasteiger partial charge in [0, 0.05) is 18.9 Å². The number of hydrogen-bond donors (Lipinski definition) is 0. The van der Waals surface area contributed by atoms with E-state index >= 15 is 0 Å². The van der Waals surface area contributed by atoms with Gasteiger partial charge in [-0.2, -0.15) is 0 Å². The predicted octanol–water partition coefficient (Wildman–Crippen LogP) is 5.12. The van der Waals surface area contributed by atoms with Crippen molar-refractivity contribution in [2.75, 3.05) is 6.26 Å². The van der Waals surface area contributed by atoms with Crippen LogP contribution in [0.1, 0.15) is 4.88 Å². The lowest BCUT2D eigenvalue weighted by atomic mass is 10.2. The molecule has 0 atom stereocenters. The zero-order valence-electron chi connectivity index (χ0n) is 7.51. The molecule has 1 aromatic heterocycles. The first-order chi connectivity index (χ1) is 6.76. The molecule has 0 aliphatic rings. The Kier molecular flexibility index (Phi) is 3.42. The SMILES string of the molecule is CSc1c(Br)ccc2cc(CCl)sc12. The number of alkyl halides is 1. The molecule has 0 aliphatic carbocycles. The first-order valence-corrected chi connectivity index (χ1v) is 7.44. The molecule has 0 unspecified atom stereocenters. The number of benzene rings is 1. The number of fused-ring (bicyclic) bond motifs is 1. The molecule has 0 radical (unpaired) electrons. The fourth-order valence-electron chi connectivity index (χ4n) is 1.36. The Morgan fingerprint density at radius 3 is 2.93 bits per heavy atom. The minimum Gasteiger partial charge on any atom is -0.138 e. The van der Waals surface area contributed by atoms with E-state index in [-0.39, 0.29) is 0 Å². The zero-order valence-corrected chi connectivity index (χ0v) is 11.5. The zero-order chi connectivity index (χ0) is 10.1. The average Bonchev–Trinajstić information content (AvgIpc) is 2.60. The molecule has 0 amide bonds. The van der Waals surface area contributed by atoms with Crippen molar-refractivity contribution in [2.24, 2.45) is 0 Å². The van der Waals surface area contributed by atoms with Crippen LogP contribution in [0.4, 0.5) is 0 Å². The summed E-state index contributed by atoms with van der Waals surface area (Å²) in [6.45, 7) is 0. The molecule has 0 nitrogen and oxygen atoms in total. The van der Waals surface area contributed by atoms with E-state index in [9.17, 15) is 0 Å². The highest BCUT2D eigenvalue weighted by Gasteiger charge is 2.08. The van der Waals surface area contributed by atoms with Crippen LogP contribution in [0.5, 0.6) is 0 Å². The van der Waals surface area contributed by atoms with Gasteiger partial charge in [0.2, 0.25) is 0 Å². The van der Waals surface area contributed by atoms with E-state index in [0.717, 1.165) is 0 Å². The Labute approximate surface area is 105 Å². The van der Waals surface area contributed by atoms with Gasteiger partial charge in [-0.05, 0) is 39.7 Å². The van der Waals surface area contributed by atoms with Crippen molar-refractivity contribution in [3.63, 3.8) is 0 Å². The third-order valence-corrected chi connectivity index (χ3v) is 5.48. The van der Waals surface area contributed by atoms with Gasteiger partial charge in [0.25, 0.3) is 0 Å². The number of thiophene rings is 1. The van der Waals surface area contributed by atoms with Crippen molar-refractivity contribution in [2.45, 2.75) is 10.8 Å². The summed E-state index contributed by atoms with van der Waals surface area (Å²) in [4.78, 5) is 2.54. The van der Waals surface area contributed by atoms with Crippen LogP contribution in [-0.4, -0.2) is 6.26 Å². The van der Waals surface area contributed by atoms with Crippen LogP contribution in [0.15, 0.2) is 27.6 Å². The van der Waals surface area contributed by atoms with E-state index in [1.807, 2.05) is 0 Å². The first-order valence-electron chi connectivity index (χ1n) is 4.07. The molecule has 0 fully saturated rings. The standard InChI is InChI=1S/C10H8BrClS2/c1-13-10-8(11)3-2-6-4-7(5-12)14-9(6)10/h2-4H,5H2,1H3. The fourth-order valence-corrected chi connectivity index (χ4v) is 4.44. The molecular formula is C10H8BrClS2. The van der Waals surface area contributed by atoms with Crippen LogP contribution < -0.4 is 0 Å². The van der Waals surface area contributed by atoms with Crippen molar-refractivity contribution in [3.8, 4) is 0 Å². The maximum absolute atomic E-state index is 5.83. The second kappa shape index (κ2) is 4.44. The lowest BCUT2D eigenvalue weighted by Gasteiger charge is -2.01. The average molecular weight is 308 g/mol. The predicted molar refractivity (Wildman–Crippen MR) is 70.9 cm³/mol. The van der Waals surface area contributed by atoms with Gasteiger partial charge in [-0.3, -0.25) is 0 Å². The third kappa shape index (κ3) is 1.83. The molecule has 1 aromatic carbocycles. The Morgan fingerprint density at radius 1 is 1.50 bits per heavy atom. The number of halogens is 2. The molecule has 14 heavy (non-hydrogen) atoms. The van der Waals surface area contributed by atoms with Crippen LogP contribution in [0, 0.1) is 0 Å². The molecule has 4 heteroatoms. The normalized spacial score (nSPS) is 11.1. The molecule has 0 bridgehead atoms. The van der Waals surface area contributed by atoms with Crippen LogP contribution in [0.2, 0.25) is 0 Å². The van der Waals surface area contributed by atoms with Crippen molar-refractivity contribution < 1.29 is 0 Å². The van der Waals surface area contributed by atoms with E-state index in [1.54, 1.807) is 23.1 Å². The molecule has 2 aromatic rings. The fraction of sp³-hybridized carbons (Fsp3) is 0.200. The van der Waals surface area contributed by atoms with Crippen molar-refractivity contribution >= 4 is 60.7 Å². The van der Waals surface area contributed by atoms with Gasteiger partial charge in [-0.1, -0.05) is 6.07 Å². The number of thioether (sulfide) groups is 1. The van der Waals surface area contributed by atoms with Gasteiger partial charge >= 0.3 is 0 Å². The third-order valence-electron chi connectivity index (χ3n) is 1.98. The van der Waals surface area contributed by atoms with E-state index in [2.05, 4.69) is 40.4 Å². The van der Waals surface area contributed by atoms with Crippen molar-refractivity contribution in [1.29, 1.82) is 0 Å². The maximum atomic E-state index is 5.83. The summed E-state index contributed by atoms with van der Waals surface area (Å²) >= 11 is 12.9. The Hall–Kier alpha value is 0.300. The summed E-state index contributed by atoms with van der Waals surface area (Å²) in [7, 11) is 0. The summed E-state index contributed by atoms with van der Waals surface area (Å²) in [5, 5.41) is 1.29. The molecule has 2 rings (SSSR count). The summed E-state index contributed by atoms with van der Waals surface area (Å²) < 4.78 is 2.50. The highest BCUT2D eigenvalue weighted by Crippen LogP contribution is 2.38. The smallest absolute Gasteiger partial charge is 0.0568 e. The van der Waals surface area contributed by atoms with Gasteiger partial charge in [-0.25, -0.2) is 0 Å². The highest BCUT2D eigenvalue weighted by atomic mass is 79.9. The molecule has 0 N–H and O–H groups in total. The van der Waals surface area contributed by atoms with E-state index in [1.165, 1.54) is 24.3 Å². The maximum Gasteiger partial charge on any atom is 0.0568 e. The molecule has 74 valence electrons. The Balaban J connectivity index is 2.73. The van der Waals surface area contributed by atoms with Gasteiger partial charge in [0.15, 0.2) is 0 Å². The summed E-state index contributed by atoms with van der Waals surface area (Å²) in [5.41, 5.74) is 0. The lowest BCUT2D eigenvalue weighted by Crippen LogP contribution is -1.72. The molecule has 0 aliphatic heterocycles. The topological polar surface area (TPSA) is 0 Å². The molecular weight excluding hydrogens is 300 g/mol. The van der Waals surface area contributed by atoms with E-state index in [4.69, 9.17) is 11.6 Å². The Morgan fingerprint density at radius 2 is 2.29 bits per heavy atom.